The van der Waals surface area contributed by atoms with E-state index in [4.69, 9.17) is 9.47 Å². The number of aromatic hydroxyl groups is 1. The van der Waals surface area contributed by atoms with Crippen LogP contribution in [0, 0.1) is 0 Å². The molecule has 0 aliphatic carbocycles. The van der Waals surface area contributed by atoms with Crippen LogP contribution >= 0.6 is 11.8 Å². The van der Waals surface area contributed by atoms with Crippen molar-refractivity contribution in [2.75, 3.05) is 11.7 Å². The highest BCUT2D eigenvalue weighted by molar-refractivity contribution is 8.19. The van der Waals surface area contributed by atoms with Crippen molar-refractivity contribution < 1.29 is 24.2 Å². The summed E-state index contributed by atoms with van der Waals surface area (Å²) in [7, 11) is 0. The monoisotopic (exact) mass is 341 g/mol. The molecule has 1 saturated heterocycles. The van der Waals surface area contributed by atoms with Crippen molar-refractivity contribution in [1.29, 1.82) is 0 Å². The number of thioether (sulfide) groups is 1. The third-order valence-electron chi connectivity index (χ3n) is 3.58. The maximum absolute atomic E-state index is 12.5. The molecular weight excluding hydrogens is 330 g/mol. The zero-order valence-corrected chi connectivity index (χ0v) is 13.1. The van der Waals surface area contributed by atoms with Crippen LogP contribution in [0.15, 0.2) is 47.4 Å². The van der Waals surface area contributed by atoms with Crippen molar-refractivity contribution >= 4 is 34.7 Å². The molecule has 120 valence electrons. The number of fused-ring (bicyclic) bond motifs is 1. The second-order valence-corrected chi connectivity index (χ2v) is 6.14. The van der Waals surface area contributed by atoms with Crippen molar-refractivity contribution in [3.8, 4) is 17.2 Å². The largest absolute Gasteiger partial charge is 0.508 e. The fourth-order valence-corrected chi connectivity index (χ4v) is 3.32. The minimum Gasteiger partial charge on any atom is -0.508 e. The van der Waals surface area contributed by atoms with Gasteiger partial charge >= 0.3 is 0 Å². The van der Waals surface area contributed by atoms with Crippen LogP contribution in [0.3, 0.4) is 0 Å². The number of rotatable bonds is 2. The molecule has 2 heterocycles. The molecule has 4 rings (SSSR count). The Morgan fingerprint density at radius 3 is 2.75 bits per heavy atom. The molecule has 0 atom stereocenters. The third kappa shape index (κ3) is 2.48. The van der Waals surface area contributed by atoms with E-state index in [-0.39, 0.29) is 12.5 Å². The number of phenols is 1. The minimum absolute atomic E-state index is 0.00806. The van der Waals surface area contributed by atoms with Crippen LogP contribution in [0.2, 0.25) is 0 Å². The average molecular weight is 341 g/mol. The Kier molecular flexibility index (Phi) is 3.42. The van der Waals surface area contributed by atoms with Gasteiger partial charge in [0.05, 0.1) is 10.6 Å². The van der Waals surface area contributed by atoms with Gasteiger partial charge in [-0.15, -0.1) is 0 Å². The Hall–Kier alpha value is -2.93. The summed E-state index contributed by atoms with van der Waals surface area (Å²) in [5.74, 6) is 0.829. The van der Waals surface area contributed by atoms with Crippen LogP contribution in [0.25, 0.3) is 6.08 Å². The van der Waals surface area contributed by atoms with Crippen LogP contribution in [-0.4, -0.2) is 23.0 Å². The van der Waals surface area contributed by atoms with Crippen molar-refractivity contribution in [3.63, 3.8) is 0 Å². The van der Waals surface area contributed by atoms with Crippen LogP contribution < -0.4 is 14.4 Å². The summed E-state index contributed by atoms with van der Waals surface area (Å²) in [6.45, 7) is 0.173. The topological polar surface area (TPSA) is 76.1 Å². The number of hydrogen-bond donors (Lipinski definition) is 1. The van der Waals surface area contributed by atoms with Gasteiger partial charge in [0.25, 0.3) is 11.1 Å². The van der Waals surface area contributed by atoms with Crippen LogP contribution in [0.5, 0.6) is 17.2 Å². The second kappa shape index (κ2) is 5.61. The third-order valence-corrected chi connectivity index (χ3v) is 4.45. The molecular formula is C17H11NO5S. The van der Waals surface area contributed by atoms with E-state index in [1.54, 1.807) is 36.4 Å². The Labute approximate surface area is 141 Å². The molecule has 0 bridgehead atoms. The van der Waals surface area contributed by atoms with Gasteiger partial charge in [0.15, 0.2) is 11.5 Å². The number of amides is 2. The normalized spacial score (nSPS) is 17.8. The van der Waals surface area contributed by atoms with E-state index in [1.165, 1.54) is 12.1 Å². The Balaban J connectivity index is 1.66. The summed E-state index contributed by atoms with van der Waals surface area (Å²) in [5, 5.41) is 9.14. The molecule has 2 amide bonds. The molecule has 6 nitrogen and oxygen atoms in total. The van der Waals surface area contributed by atoms with Crippen LogP contribution in [0.4, 0.5) is 10.5 Å². The quantitative estimate of drug-likeness (QED) is 0.844. The molecule has 7 heteroatoms. The lowest BCUT2D eigenvalue weighted by atomic mass is 10.2. The first-order valence-corrected chi connectivity index (χ1v) is 7.90. The van der Waals surface area contributed by atoms with E-state index < -0.39 is 11.1 Å². The van der Waals surface area contributed by atoms with Gasteiger partial charge < -0.3 is 14.6 Å². The van der Waals surface area contributed by atoms with Gasteiger partial charge in [-0.2, -0.15) is 0 Å². The smallest absolute Gasteiger partial charge is 0.298 e. The van der Waals surface area contributed by atoms with E-state index in [2.05, 4.69) is 0 Å². The first-order chi connectivity index (χ1) is 11.6. The molecule has 2 aromatic carbocycles. The van der Waals surface area contributed by atoms with Crippen molar-refractivity contribution in [3.05, 3.63) is 52.9 Å². The predicted octanol–water partition coefficient (Wildman–Crippen LogP) is 3.36. The fraction of sp³-hybridized carbons (Fsp3) is 0.0588. The van der Waals surface area contributed by atoms with E-state index >= 15 is 0 Å². The number of ether oxygens (including phenoxy) is 2. The summed E-state index contributed by atoms with van der Waals surface area (Å²) in [6.07, 6.45) is 1.63. The van der Waals surface area contributed by atoms with E-state index in [0.717, 1.165) is 22.2 Å². The number of benzene rings is 2. The Morgan fingerprint density at radius 1 is 1.08 bits per heavy atom. The van der Waals surface area contributed by atoms with Crippen molar-refractivity contribution in [1.82, 2.24) is 0 Å². The highest BCUT2D eigenvalue weighted by Gasteiger charge is 2.36. The first kappa shape index (κ1) is 14.6. The van der Waals surface area contributed by atoms with E-state index in [1.807, 2.05) is 0 Å². The molecule has 0 saturated carbocycles. The number of hydrogen-bond acceptors (Lipinski definition) is 6. The second-order valence-electron chi connectivity index (χ2n) is 5.15. The van der Waals surface area contributed by atoms with Crippen molar-refractivity contribution in [2.45, 2.75) is 0 Å². The highest BCUT2D eigenvalue weighted by atomic mass is 32.2. The number of imide groups is 1. The Morgan fingerprint density at radius 2 is 1.92 bits per heavy atom. The summed E-state index contributed by atoms with van der Waals surface area (Å²) in [6, 6.07) is 11.3. The maximum atomic E-state index is 12.5. The fourth-order valence-electron chi connectivity index (χ4n) is 2.48. The number of anilines is 1. The van der Waals surface area contributed by atoms with Gasteiger partial charge in [-0.3, -0.25) is 9.59 Å². The molecule has 2 aliphatic rings. The summed E-state index contributed by atoms with van der Waals surface area (Å²) in [4.78, 5) is 26.1. The van der Waals surface area contributed by atoms with E-state index in [9.17, 15) is 14.7 Å². The number of phenolic OH excluding ortho intramolecular Hbond substituents is 1. The van der Waals surface area contributed by atoms with Gasteiger partial charge in [0.2, 0.25) is 6.79 Å². The zero-order chi connectivity index (χ0) is 16.7. The highest BCUT2D eigenvalue weighted by Crippen LogP contribution is 2.38. The number of carbonyl (C=O) groups excluding carboxylic acids is 2. The number of carbonyl (C=O) groups is 2. The summed E-state index contributed by atoms with van der Waals surface area (Å²) < 4.78 is 10.6. The van der Waals surface area contributed by atoms with Gasteiger partial charge in [-0.25, -0.2) is 4.90 Å². The van der Waals surface area contributed by atoms with Crippen LogP contribution in [-0.2, 0) is 4.79 Å². The maximum Gasteiger partial charge on any atom is 0.298 e. The van der Waals surface area contributed by atoms with Gasteiger partial charge in [-0.1, -0.05) is 12.1 Å². The lowest BCUT2D eigenvalue weighted by Gasteiger charge is -2.12. The molecule has 2 aromatic rings. The van der Waals surface area contributed by atoms with Crippen molar-refractivity contribution in [2.24, 2.45) is 0 Å². The zero-order valence-electron chi connectivity index (χ0n) is 12.3. The number of nitrogens with zero attached hydrogens (tertiary/aromatic N) is 1. The summed E-state index contributed by atoms with van der Waals surface area (Å²) >= 11 is 0.855. The van der Waals surface area contributed by atoms with Gasteiger partial charge in [0, 0.05) is 6.07 Å². The van der Waals surface area contributed by atoms with Gasteiger partial charge in [-0.05, 0) is 47.7 Å². The molecule has 24 heavy (non-hydrogen) atoms. The standard InChI is InChI=1S/C17H11NO5S/c19-12-3-1-2-11(8-12)18-16(20)15(24-17(18)21)7-10-4-5-13-14(6-10)23-9-22-13/h1-8,19H,9H2. The molecule has 1 fully saturated rings. The molecule has 1 N–H and O–H groups in total. The molecule has 0 unspecified atom stereocenters. The molecule has 0 aromatic heterocycles. The molecule has 0 spiro atoms. The van der Waals surface area contributed by atoms with Crippen LogP contribution in [0.1, 0.15) is 5.56 Å². The first-order valence-electron chi connectivity index (χ1n) is 7.08. The Bertz CT molecular complexity index is 892. The molecule has 0 radical (unpaired) electrons. The average Bonchev–Trinajstić information content (AvgIpc) is 3.12. The lowest BCUT2D eigenvalue weighted by Crippen LogP contribution is -2.27. The SMILES string of the molecule is O=C1SC(=Cc2ccc3c(c2)OCO3)C(=O)N1c1cccc(O)c1. The predicted molar refractivity (Wildman–Crippen MR) is 89.1 cm³/mol. The van der Waals surface area contributed by atoms with Gasteiger partial charge in [0.1, 0.15) is 5.75 Å². The summed E-state index contributed by atoms with van der Waals surface area (Å²) in [5.41, 5.74) is 1.08. The lowest BCUT2D eigenvalue weighted by molar-refractivity contribution is -0.113. The van der Waals surface area contributed by atoms with E-state index in [0.29, 0.717) is 22.1 Å². The molecule has 2 aliphatic heterocycles. The minimum atomic E-state index is -0.423.